The van der Waals surface area contributed by atoms with E-state index in [1.54, 1.807) is 18.0 Å². The number of hydrogen-bond acceptors (Lipinski definition) is 4. The fraction of sp³-hybridized carbons (Fsp3) is 0.143. The van der Waals surface area contributed by atoms with Gasteiger partial charge in [0.2, 0.25) is 0 Å². The molecule has 2 unspecified atom stereocenters. The van der Waals surface area contributed by atoms with E-state index in [9.17, 15) is 4.79 Å². The Bertz CT molecular complexity index is 901. The molecule has 0 saturated heterocycles. The van der Waals surface area contributed by atoms with Gasteiger partial charge in [-0.3, -0.25) is 4.90 Å². The van der Waals surface area contributed by atoms with Gasteiger partial charge in [-0.15, -0.1) is 0 Å². The van der Waals surface area contributed by atoms with Gasteiger partial charge in [0, 0.05) is 22.8 Å². The van der Waals surface area contributed by atoms with Crippen molar-refractivity contribution >= 4 is 34.0 Å². The van der Waals surface area contributed by atoms with Crippen LogP contribution in [0.25, 0.3) is 0 Å². The van der Waals surface area contributed by atoms with E-state index in [1.165, 1.54) is 5.56 Å². The number of pyridine rings is 1. The van der Waals surface area contributed by atoms with Gasteiger partial charge in [0.25, 0.3) is 0 Å². The van der Waals surface area contributed by atoms with Crippen LogP contribution in [0, 0.1) is 0 Å². The number of nitrogens with zero attached hydrogens (tertiary/aromatic N) is 2. The van der Waals surface area contributed by atoms with Crippen LogP contribution in [0.2, 0.25) is 0 Å². The Morgan fingerprint density at radius 3 is 2.54 bits per heavy atom. The monoisotopic (exact) mass is 424 g/mol. The van der Waals surface area contributed by atoms with Crippen molar-refractivity contribution in [2.75, 3.05) is 0 Å². The summed E-state index contributed by atoms with van der Waals surface area (Å²) < 4.78 is 1.04. The Hall–Kier alpha value is -1.95. The fourth-order valence-corrected chi connectivity index (χ4v) is 4.80. The molecule has 5 heteroatoms. The summed E-state index contributed by atoms with van der Waals surface area (Å²) in [5.41, 5.74) is 3.34. The first-order chi connectivity index (χ1) is 12.8. The summed E-state index contributed by atoms with van der Waals surface area (Å²) in [6, 6.07) is 22.2. The molecule has 1 aliphatic heterocycles. The van der Waals surface area contributed by atoms with Crippen LogP contribution in [0.5, 0.6) is 0 Å². The molecular weight excluding hydrogens is 408 g/mol. The molecule has 0 N–H and O–H groups in total. The van der Waals surface area contributed by atoms with Crippen molar-refractivity contribution in [1.29, 1.82) is 0 Å². The SMILES string of the molecule is O=CC1c2cccnc2SC(c2ccc(Br)cc2)N1Cc1ccccc1. The Labute approximate surface area is 165 Å². The van der Waals surface area contributed by atoms with Crippen molar-refractivity contribution < 1.29 is 4.79 Å². The lowest BCUT2D eigenvalue weighted by atomic mass is 10.0. The van der Waals surface area contributed by atoms with Crippen LogP contribution in [0.3, 0.4) is 0 Å². The van der Waals surface area contributed by atoms with E-state index in [-0.39, 0.29) is 11.4 Å². The molecule has 0 spiro atoms. The molecule has 26 heavy (non-hydrogen) atoms. The molecule has 1 aromatic heterocycles. The van der Waals surface area contributed by atoms with Crippen molar-refractivity contribution in [2.24, 2.45) is 0 Å². The van der Waals surface area contributed by atoms with Crippen LogP contribution in [0.15, 0.2) is 82.4 Å². The minimum absolute atomic E-state index is 0.0286. The van der Waals surface area contributed by atoms with Crippen molar-refractivity contribution in [3.63, 3.8) is 0 Å². The minimum atomic E-state index is -0.311. The minimum Gasteiger partial charge on any atom is -0.301 e. The molecule has 2 aromatic carbocycles. The Balaban J connectivity index is 1.78. The highest BCUT2D eigenvalue weighted by Crippen LogP contribution is 2.48. The first-order valence-corrected chi connectivity index (χ1v) is 10.1. The van der Waals surface area contributed by atoms with Crippen LogP contribution < -0.4 is 0 Å². The van der Waals surface area contributed by atoms with E-state index in [2.05, 4.69) is 50.1 Å². The molecule has 1 aliphatic rings. The lowest BCUT2D eigenvalue weighted by Gasteiger charge is -2.40. The molecule has 0 bridgehead atoms. The summed E-state index contributed by atoms with van der Waals surface area (Å²) in [6.07, 6.45) is 2.83. The van der Waals surface area contributed by atoms with Gasteiger partial charge in [-0.25, -0.2) is 4.98 Å². The summed E-state index contributed by atoms with van der Waals surface area (Å²) in [5, 5.41) is 0.961. The van der Waals surface area contributed by atoms with Gasteiger partial charge >= 0.3 is 0 Å². The van der Waals surface area contributed by atoms with Crippen LogP contribution in [0.1, 0.15) is 28.1 Å². The number of thioether (sulfide) groups is 1. The molecule has 0 radical (unpaired) electrons. The fourth-order valence-electron chi connectivity index (χ4n) is 3.24. The predicted octanol–water partition coefficient (Wildman–Crippen LogP) is 5.39. The first kappa shape index (κ1) is 17.5. The van der Waals surface area contributed by atoms with Gasteiger partial charge in [0.1, 0.15) is 11.3 Å². The van der Waals surface area contributed by atoms with Crippen molar-refractivity contribution in [1.82, 2.24) is 9.88 Å². The van der Waals surface area contributed by atoms with Crippen LogP contribution in [0.4, 0.5) is 0 Å². The maximum Gasteiger partial charge on any atom is 0.141 e. The third-order valence-corrected chi connectivity index (χ3v) is 6.35. The zero-order chi connectivity index (χ0) is 17.9. The molecule has 4 rings (SSSR count). The largest absolute Gasteiger partial charge is 0.301 e. The quantitative estimate of drug-likeness (QED) is 0.525. The maximum absolute atomic E-state index is 12.1. The third-order valence-electron chi connectivity index (χ3n) is 4.49. The summed E-state index contributed by atoms with van der Waals surface area (Å²) in [6.45, 7) is 0.701. The summed E-state index contributed by atoms with van der Waals surface area (Å²) in [5.74, 6) is 0. The second-order valence-electron chi connectivity index (χ2n) is 6.16. The van der Waals surface area contributed by atoms with Crippen LogP contribution >= 0.6 is 27.7 Å². The molecule has 0 fully saturated rings. The second kappa shape index (κ2) is 7.74. The van der Waals surface area contributed by atoms with Crippen LogP contribution in [-0.2, 0) is 11.3 Å². The maximum atomic E-state index is 12.1. The van der Waals surface area contributed by atoms with E-state index < -0.39 is 0 Å². The van der Waals surface area contributed by atoms with E-state index in [0.29, 0.717) is 6.54 Å². The van der Waals surface area contributed by atoms with Gasteiger partial charge in [-0.05, 0) is 29.3 Å². The lowest BCUT2D eigenvalue weighted by molar-refractivity contribution is -0.113. The molecule has 0 amide bonds. The van der Waals surface area contributed by atoms with E-state index in [4.69, 9.17) is 0 Å². The number of rotatable bonds is 4. The average molecular weight is 425 g/mol. The molecule has 0 saturated carbocycles. The van der Waals surface area contributed by atoms with Gasteiger partial charge in [0.15, 0.2) is 0 Å². The van der Waals surface area contributed by atoms with Crippen molar-refractivity contribution in [2.45, 2.75) is 23.0 Å². The highest BCUT2D eigenvalue weighted by molar-refractivity contribution is 9.10. The molecule has 130 valence electrons. The third kappa shape index (κ3) is 3.47. The molecular formula is C21H17BrN2OS. The molecule has 3 nitrogen and oxygen atoms in total. The van der Waals surface area contributed by atoms with E-state index >= 15 is 0 Å². The molecule has 0 aliphatic carbocycles. The number of hydrogen-bond donors (Lipinski definition) is 0. The van der Waals surface area contributed by atoms with Gasteiger partial charge in [-0.1, -0.05) is 76.2 Å². The number of aldehydes is 1. The highest BCUT2D eigenvalue weighted by atomic mass is 79.9. The number of halogens is 1. The standard InChI is InChI=1S/C21H17BrN2OS/c22-17-10-8-16(9-11-17)21-24(13-15-5-2-1-3-6-15)19(14-25)18-7-4-12-23-20(18)26-21/h1-12,14,19,21H,13H2. The number of benzene rings is 2. The zero-order valence-corrected chi connectivity index (χ0v) is 16.4. The van der Waals surface area contributed by atoms with Gasteiger partial charge < -0.3 is 4.79 Å². The number of aromatic nitrogens is 1. The zero-order valence-electron chi connectivity index (χ0n) is 14.0. The Kier molecular flexibility index (Phi) is 5.20. The molecule has 3 aromatic rings. The van der Waals surface area contributed by atoms with E-state index in [0.717, 1.165) is 26.9 Å². The Morgan fingerprint density at radius 2 is 1.81 bits per heavy atom. The van der Waals surface area contributed by atoms with Gasteiger partial charge in [-0.2, -0.15) is 0 Å². The summed E-state index contributed by atoms with van der Waals surface area (Å²) >= 11 is 5.20. The number of carbonyl (C=O) groups excluding carboxylic acids is 1. The Morgan fingerprint density at radius 1 is 1.04 bits per heavy atom. The lowest BCUT2D eigenvalue weighted by Crippen LogP contribution is -2.35. The smallest absolute Gasteiger partial charge is 0.141 e. The predicted molar refractivity (Wildman–Crippen MR) is 108 cm³/mol. The van der Waals surface area contributed by atoms with Crippen molar-refractivity contribution in [3.8, 4) is 0 Å². The number of fused-ring (bicyclic) bond motifs is 1. The molecule has 2 atom stereocenters. The summed E-state index contributed by atoms with van der Waals surface area (Å²) in [7, 11) is 0. The average Bonchev–Trinajstić information content (AvgIpc) is 2.69. The van der Waals surface area contributed by atoms with E-state index in [1.807, 2.05) is 42.5 Å². The topological polar surface area (TPSA) is 33.2 Å². The normalized spacial score (nSPS) is 19.7. The van der Waals surface area contributed by atoms with Crippen LogP contribution in [-0.4, -0.2) is 16.2 Å². The highest BCUT2D eigenvalue weighted by Gasteiger charge is 2.36. The van der Waals surface area contributed by atoms with Crippen molar-refractivity contribution in [3.05, 3.63) is 94.1 Å². The second-order valence-corrected chi connectivity index (χ2v) is 8.14. The molecule has 2 heterocycles. The first-order valence-electron chi connectivity index (χ1n) is 8.38. The number of carbonyl (C=O) groups is 1. The van der Waals surface area contributed by atoms with Gasteiger partial charge in [0.05, 0.1) is 11.4 Å². The summed E-state index contributed by atoms with van der Waals surface area (Å²) in [4.78, 5) is 18.8.